The van der Waals surface area contributed by atoms with E-state index >= 15 is 0 Å². The second-order valence-electron chi connectivity index (χ2n) is 4.93. The molecule has 1 aromatic rings. The van der Waals surface area contributed by atoms with Gasteiger partial charge in [-0.25, -0.2) is 4.39 Å². The molecule has 1 rings (SSSR count). The predicted octanol–water partition coefficient (Wildman–Crippen LogP) is 2.57. The van der Waals surface area contributed by atoms with E-state index in [1.165, 1.54) is 26.0 Å². The van der Waals surface area contributed by atoms with Crippen LogP contribution in [0.1, 0.15) is 25.8 Å². The number of rotatable bonds is 4. The Labute approximate surface area is 105 Å². The summed E-state index contributed by atoms with van der Waals surface area (Å²) in [6.07, 6.45) is -0.169. The molecule has 0 bridgehead atoms. The number of benzene rings is 1. The van der Waals surface area contributed by atoms with Crippen LogP contribution in [0.25, 0.3) is 0 Å². The van der Waals surface area contributed by atoms with Gasteiger partial charge in [-0.3, -0.25) is 9.59 Å². The van der Waals surface area contributed by atoms with Gasteiger partial charge in [-0.1, -0.05) is 0 Å². The third-order valence-corrected chi connectivity index (χ3v) is 2.51. The first kappa shape index (κ1) is 14.2. The van der Waals surface area contributed by atoms with Gasteiger partial charge in [-0.15, -0.1) is 0 Å². The van der Waals surface area contributed by atoms with Gasteiger partial charge in [0.05, 0.1) is 5.41 Å². The first-order valence-corrected chi connectivity index (χ1v) is 5.51. The lowest BCUT2D eigenvalue weighted by atomic mass is 9.89. The molecule has 18 heavy (non-hydrogen) atoms. The molecule has 1 aromatic carbocycles. The minimum absolute atomic E-state index is 0.169. The van der Waals surface area contributed by atoms with Crippen LogP contribution in [0.5, 0.6) is 0 Å². The Kier molecular flexibility index (Phi) is 4.06. The first-order valence-electron chi connectivity index (χ1n) is 5.51. The number of carbonyl (C=O) groups is 2. The van der Waals surface area contributed by atoms with Crippen molar-refractivity contribution in [3.8, 4) is 0 Å². The third-order valence-electron chi connectivity index (χ3n) is 2.51. The Balaban J connectivity index is 2.73. The summed E-state index contributed by atoms with van der Waals surface area (Å²) < 4.78 is 13.1. The molecule has 0 fully saturated rings. The van der Waals surface area contributed by atoms with Crippen LogP contribution in [-0.2, 0) is 9.59 Å². The quantitative estimate of drug-likeness (QED) is 0.866. The molecule has 0 spiro atoms. The number of carboxylic acids is 1. The lowest BCUT2D eigenvalue weighted by Crippen LogP contribution is -2.29. The van der Waals surface area contributed by atoms with Crippen molar-refractivity contribution in [3.63, 3.8) is 0 Å². The zero-order valence-corrected chi connectivity index (χ0v) is 10.6. The standard InChI is InChI=1S/C13H16FNO3/c1-8-4-9(14)6-10(5-8)15-11(16)7-13(2,3)12(17)18/h4-6H,7H2,1-3H3,(H,15,16)(H,17,18). The van der Waals surface area contributed by atoms with Gasteiger partial charge in [0.25, 0.3) is 0 Å². The van der Waals surface area contributed by atoms with Crippen LogP contribution in [0.15, 0.2) is 18.2 Å². The van der Waals surface area contributed by atoms with Crippen LogP contribution in [0.3, 0.4) is 0 Å². The average Bonchev–Trinajstić information content (AvgIpc) is 2.13. The highest BCUT2D eigenvalue weighted by Crippen LogP contribution is 2.22. The fourth-order valence-corrected chi connectivity index (χ4v) is 1.49. The molecule has 0 atom stereocenters. The monoisotopic (exact) mass is 253 g/mol. The van der Waals surface area contributed by atoms with E-state index in [4.69, 9.17) is 5.11 Å². The maximum absolute atomic E-state index is 13.1. The predicted molar refractivity (Wildman–Crippen MR) is 65.8 cm³/mol. The van der Waals surface area contributed by atoms with Crippen molar-refractivity contribution in [1.29, 1.82) is 0 Å². The van der Waals surface area contributed by atoms with Gasteiger partial charge in [0.2, 0.25) is 5.91 Å². The molecular weight excluding hydrogens is 237 g/mol. The summed E-state index contributed by atoms with van der Waals surface area (Å²) in [6.45, 7) is 4.64. The van der Waals surface area contributed by atoms with E-state index in [2.05, 4.69) is 5.32 Å². The number of carbonyl (C=O) groups excluding carboxylic acids is 1. The van der Waals surface area contributed by atoms with Gasteiger partial charge in [0, 0.05) is 12.1 Å². The number of carboxylic acid groups (broad SMARTS) is 1. The van der Waals surface area contributed by atoms with E-state index in [9.17, 15) is 14.0 Å². The second-order valence-corrected chi connectivity index (χ2v) is 4.93. The molecular formula is C13H16FNO3. The molecule has 4 nitrogen and oxygen atoms in total. The number of hydrogen-bond acceptors (Lipinski definition) is 2. The molecule has 0 aliphatic heterocycles. The van der Waals surface area contributed by atoms with Crippen LogP contribution in [0.4, 0.5) is 10.1 Å². The van der Waals surface area contributed by atoms with E-state index in [-0.39, 0.29) is 6.42 Å². The number of aryl methyl sites for hydroxylation is 1. The Hall–Kier alpha value is -1.91. The molecule has 0 saturated carbocycles. The average molecular weight is 253 g/mol. The maximum atomic E-state index is 13.1. The van der Waals surface area contributed by atoms with Crippen LogP contribution < -0.4 is 5.32 Å². The van der Waals surface area contributed by atoms with Gasteiger partial charge in [0.15, 0.2) is 0 Å². The van der Waals surface area contributed by atoms with Gasteiger partial charge >= 0.3 is 5.97 Å². The van der Waals surface area contributed by atoms with Crippen molar-refractivity contribution in [3.05, 3.63) is 29.6 Å². The molecule has 0 aliphatic rings. The number of hydrogen-bond donors (Lipinski definition) is 2. The largest absolute Gasteiger partial charge is 0.481 e. The summed E-state index contributed by atoms with van der Waals surface area (Å²) >= 11 is 0. The Bertz CT molecular complexity index is 463. The Morgan fingerprint density at radius 1 is 1.33 bits per heavy atom. The summed E-state index contributed by atoms with van der Waals surface area (Å²) in [6, 6.07) is 4.16. The van der Waals surface area contributed by atoms with Crippen LogP contribution in [-0.4, -0.2) is 17.0 Å². The Morgan fingerprint density at radius 2 is 1.94 bits per heavy atom. The SMILES string of the molecule is Cc1cc(F)cc(NC(=O)CC(C)(C)C(=O)O)c1. The minimum atomic E-state index is -1.15. The molecule has 2 N–H and O–H groups in total. The van der Waals surface area contributed by atoms with Crippen LogP contribution >= 0.6 is 0 Å². The smallest absolute Gasteiger partial charge is 0.309 e. The fourth-order valence-electron chi connectivity index (χ4n) is 1.49. The normalized spacial score (nSPS) is 11.1. The van der Waals surface area contributed by atoms with Gasteiger partial charge in [0.1, 0.15) is 5.82 Å². The van der Waals surface area contributed by atoms with E-state index < -0.39 is 23.1 Å². The van der Waals surface area contributed by atoms with Gasteiger partial charge in [-0.05, 0) is 44.5 Å². The number of aliphatic carboxylic acids is 1. The van der Waals surface area contributed by atoms with E-state index in [1.54, 1.807) is 13.0 Å². The molecule has 1 amide bonds. The lowest BCUT2D eigenvalue weighted by molar-refractivity contribution is -0.148. The van der Waals surface area contributed by atoms with Crippen molar-refractivity contribution in [2.75, 3.05) is 5.32 Å². The topological polar surface area (TPSA) is 66.4 Å². The lowest BCUT2D eigenvalue weighted by Gasteiger charge is -2.18. The van der Waals surface area contributed by atoms with Crippen molar-refractivity contribution in [2.24, 2.45) is 5.41 Å². The van der Waals surface area contributed by atoms with Gasteiger partial charge in [-0.2, -0.15) is 0 Å². The van der Waals surface area contributed by atoms with Crippen molar-refractivity contribution in [2.45, 2.75) is 27.2 Å². The van der Waals surface area contributed by atoms with Crippen molar-refractivity contribution < 1.29 is 19.1 Å². The highest BCUT2D eigenvalue weighted by molar-refractivity contribution is 5.94. The molecule has 0 aliphatic carbocycles. The minimum Gasteiger partial charge on any atom is -0.481 e. The van der Waals surface area contributed by atoms with Crippen LogP contribution in [0.2, 0.25) is 0 Å². The van der Waals surface area contributed by atoms with Crippen molar-refractivity contribution in [1.82, 2.24) is 0 Å². The summed E-state index contributed by atoms with van der Waals surface area (Å²) in [5.41, 5.74) is -0.131. The maximum Gasteiger partial charge on any atom is 0.309 e. The summed E-state index contributed by atoms with van der Waals surface area (Å²) in [5.74, 6) is -1.94. The van der Waals surface area contributed by atoms with E-state index in [1.807, 2.05) is 0 Å². The molecule has 0 radical (unpaired) electrons. The fraction of sp³-hybridized carbons (Fsp3) is 0.385. The summed E-state index contributed by atoms with van der Waals surface area (Å²) in [4.78, 5) is 22.5. The number of halogens is 1. The number of nitrogens with one attached hydrogen (secondary N) is 1. The molecule has 0 saturated heterocycles. The molecule has 0 heterocycles. The number of amides is 1. The van der Waals surface area contributed by atoms with Gasteiger partial charge < -0.3 is 10.4 Å². The zero-order chi connectivity index (χ0) is 13.9. The third kappa shape index (κ3) is 3.84. The molecule has 0 aromatic heterocycles. The highest BCUT2D eigenvalue weighted by atomic mass is 19.1. The second kappa shape index (κ2) is 5.16. The first-order chi connectivity index (χ1) is 8.20. The molecule has 5 heteroatoms. The Morgan fingerprint density at radius 3 is 2.44 bits per heavy atom. The summed E-state index contributed by atoms with van der Waals surface area (Å²) in [7, 11) is 0. The van der Waals surface area contributed by atoms with Crippen molar-refractivity contribution >= 4 is 17.6 Å². The van der Waals surface area contributed by atoms with E-state index in [0.29, 0.717) is 11.3 Å². The van der Waals surface area contributed by atoms with E-state index in [0.717, 1.165) is 0 Å². The molecule has 98 valence electrons. The number of anilines is 1. The highest BCUT2D eigenvalue weighted by Gasteiger charge is 2.30. The molecule has 0 unspecified atom stereocenters. The van der Waals surface area contributed by atoms with Crippen LogP contribution in [0, 0.1) is 18.2 Å². The zero-order valence-electron chi connectivity index (χ0n) is 10.6. The summed E-state index contributed by atoms with van der Waals surface area (Å²) in [5, 5.41) is 11.4.